The van der Waals surface area contributed by atoms with Crippen LogP contribution in [-0.2, 0) is 12.8 Å². The molecular weight excluding hydrogens is 486 g/mol. The quantitative estimate of drug-likeness (QED) is 0.104. The first-order valence-corrected chi connectivity index (χ1v) is 17.1. The highest BCUT2D eigenvalue weighted by molar-refractivity contribution is 5.86. The Bertz CT molecular complexity index is 809. The lowest BCUT2D eigenvalue weighted by atomic mass is 9.56. The Morgan fingerprint density at radius 2 is 1.52 bits per heavy atom. The van der Waals surface area contributed by atoms with Gasteiger partial charge in [0, 0.05) is 12.3 Å². The molecule has 0 aliphatic rings. The van der Waals surface area contributed by atoms with E-state index < -0.39 is 0 Å². The van der Waals surface area contributed by atoms with Crippen molar-refractivity contribution in [1.82, 2.24) is 10.6 Å². The molecule has 40 heavy (non-hydrogen) atoms. The maximum atomic E-state index is 5.45. The number of aliphatic imine (C=N–C) groups is 1. The van der Waals surface area contributed by atoms with E-state index in [1.807, 2.05) is 0 Å². The maximum absolute atomic E-state index is 5.45. The van der Waals surface area contributed by atoms with Gasteiger partial charge in [-0.15, -0.1) is 0 Å². The summed E-state index contributed by atoms with van der Waals surface area (Å²) in [6.45, 7) is 28.4. The van der Waals surface area contributed by atoms with Gasteiger partial charge in [0.15, 0.2) is 0 Å². The second kappa shape index (κ2) is 19.8. The van der Waals surface area contributed by atoms with Crippen LogP contribution in [0.5, 0.6) is 0 Å². The Labute approximate surface area is 251 Å². The van der Waals surface area contributed by atoms with Gasteiger partial charge in [-0.05, 0) is 112 Å². The highest BCUT2D eigenvalue weighted by atomic mass is 14.9. The van der Waals surface area contributed by atoms with Crippen LogP contribution in [0.4, 0.5) is 0 Å². The average Bonchev–Trinajstić information content (AvgIpc) is 2.90. The van der Waals surface area contributed by atoms with Crippen molar-refractivity contribution in [2.75, 3.05) is 26.2 Å². The number of benzene rings is 1. The first-order valence-electron chi connectivity index (χ1n) is 17.1. The van der Waals surface area contributed by atoms with Gasteiger partial charge >= 0.3 is 0 Å². The van der Waals surface area contributed by atoms with Crippen molar-refractivity contribution < 1.29 is 0 Å². The van der Waals surface area contributed by atoms with Gasteiger partial charge in [0.05, 0.1) is 6.04 Å². The van der Waals surface area contributed by atoms with Gasteiger partial charge in [-0.25, -0.2) is 0 Å². The highest BCUT2D eigenvalue weighted by Crippen LogP contribution is 2.50. The molecule has 3 heteroatoms. The number of hydrogen-bond acceptors (Lipinski definition) is 3. The predicted molar refractivity (Wildman–Crippen MR) is 181 cm³/mol. The minimum atomic E-state index is 0.138. The fraction of sp³-hybridized carbons (Fsp3) is 0.811. The van der Waals surface area contributed by atoms with Gasteiger partial charge in [0.1, 0.15) is 0 Å². The molecule has 1 rings (SSSR count). The van der Waals surface area contributed by atoms with Crippen LogP contribution in [0.25, 0.3) is 0 Å². The monoisotopic (exact) mass is 556 g/mol. The lowest BCUT2D eigenvalue weighted by molar-refractivity contribution is 0.0153. The first-order chi connectivity index (χ1) is 19.0. The molecule has 1 aromatic rings. The summed E-state index contributed by atoms with van der Waals surface area (Å²) < 4.78 is 0. The van der Waals surface area contributed by atoms with E-state index >= 15 is 0 Å². The van der Waals surface area contributed by atoms with Crippen molar-refractivity contribution in [3.8, 4) is 0 Å². The molecule has 0 saturated carbocycles. The van der Waals surface area contributed by atoms with E-state index in [4.69, 9.17) is 4.99 Å². The van der Waals surface area contributed by atoms with Crippen LogP contribution in [-0.4, -0.2) is 37.9 Å². The minimum absolute atomic E-state index is 0.138. The average molecular weight is 556 g/mol. The minimum Gasteiger partial charge on any atom is -0.317 e. The topological polar surface area (TPSA) is 36.4 Å². The van der Waals surface area contributed by atoms with Crippen molar-refractivity contribution in [1.29, 1.82) is 0 Å². The van der Waals surface area contributed by atoms with E-state index in [1.165, 1.54) is 74.6 Å². The molecule has 3 nitrogen and oxygen atoms in total. The second-order valence-electron chi connectivity index (χ2n) is 13.9. The third kappa shape index (κ3) is 13.2. The van der Waals surface area contributed by atoms with Gasteiger partial charge in [0.25, 0.3) is 0 Å². The summed E-state index contributed by atoms with van der Waals surface area (Å²) in [4.78, 5) is 5.45. The molecule has 0 aliphatic carbocycles. The first kappa shape index (κ1) is 36.8. The molecule has 3 unspecified atom stereocenters. The van der Waals surface area contributed by atoms with Crippen molar-refractivity contribution in [2.24, 2.45) is 27.7 Å². The number of aryl methyl sites for hydroxylation is 1. The fourth-order valence-corrected chi connectivity index (χ4v) is 6.32. The summed E-state index contributed by atoms with van der Waals surface area (Å²) in [6.07, 6.45) is 13.4. The van der Waals surface area contributed by atoms with Gasteiger partial charge in [-0.2, -0.15) is 0 Å². The molecule has 3 atom stereocenters. The molecule has 0 bridgehead atoms. The predicted octanol–water partition coefficient (Wildman–Crippen LogP) is 9.68. The summed E-state index contributed by atoms with van der Waals surface area (Å²) in [5.74, 6) is 1.23. The summed E-state index contributed by atoms with van der Waals surface area (Å²) in [5.41, 5.74) is 4.59. The summed E-state index contributed by atoms with van der Waals surface area (Å²) in [5, 5.41) is 7.28. The number of nitrogens with zero attached hydrogens (tertiary/aromatic N) is 1. The van der Waals surface area contributed by atoms with Gasteiger partial charge < -0.3 is 10.6 Å². The van der Waals surface area contributed by atoms with E-state index in [0.29, 0.717) is 17.9 Å². The van der Waals surface area contributed by atoms with Crippen molar-refractivity contribution in [2.45, 2.75) is 146 Å². The molecule has 0 spiro atoms. The Morgan fingerprint density at radius 3 is 2.17 bits per heavy atom. The summed E-state index contributed by atoms with van der Waals surface area (Å²) in [7, 11) is 0. The largest absolute Gasteiger partial charge is 0.317 e. The number of unbranched alkanes of at least 4 members (excludes halogenated alkanes) is 2. The molecule has 0 heterocycles. The van der Waals surface area contributed by atoms with Gasteiger partial charge in [0.2, 0.25) is 0 Å². The van der Waals surface area contributed by atoms with Gasteiger partial charge in [-0.3, -0.25) is 4.99 Å². The van der Waals surface area contributed by atoms with E-state index in [2.05, 4.69) is 104 Å². The Balaban J connectivity index is 3.15. The highest BCUT2D eigenvalue weighted by Gasteiger charge is 2.45. The zero-order valence-electron chi connectivity index (χ0n) is 28.6. The van der Waals surface area contributed by atoms with Crippen LogP contribution in [0.15, 0.2) is 29.3 Å². The summed E-state index contributed by atoms with van der Waals surface area (Å²) in [6, 6.07) is 9.68. The van der Waals surface area contributed by atoms with E-state index in [1.54, 1.807) is 0 Å². The van der Waals surface area contributed by atoms with Crippen LogP contribution < -0.4 is 10.6 Å². The van der Waals surface area contributed by atoms with Crippen LogP contribution >= 0.6 is 0 Å². The normalized spacial score (nSPS) is 15.3. The van der Waals surface area contributed by atoms with E-state index in [9.17, 15) is 0 Å². The molecule has 0 fully saturated rings. The Hall–Kier alpha value is -1.19. The molecule has 0 aromatic heterocycles. The molecule has 0 saturated heterocycles. The maximum Gasteiger partial charge on any atom is 0.0504 e. The summed E-state index contributed by atoms with van der Waals surface area (Å²) >= 11 is 0. The number of hydrogen-bond donors (Lipinski definition) is 2. The van der Waals surface area contributed by atoms with Crippen molar-refractivity contribution in [3.63, 3.8) is 0 Å². The number of nitrogens with one attached hydrogen (secondary N) is 2. The van der Waals surface area contributed by atoms with Crippen LogP contribution in [0.1, 0.15) is 138 Å². The fourth-order valence-electron chi connectivity index (χ4n) is 6.32. The van der Waals surface area contributed by atoms with Gasteiger partial charge in [-0.1, -0.05) is 106 Å². The Morgan fingerprint density at radius 1 is 0.825 bits per heavy atom. The standard InChI is InChI=1S/C37H69N3/c1-11-15-16-24-39-29-34(14-4)40-31(6)35(26-30(5)20-18-25-38-23-13-3)37(9,10)36(7,8)28-33-22-17-21-32(27-33)19-12-2/h17,21-22,27,30-31,35,38-39H,11-16,18-20,23-26,28-29H2,1-10H3. The zero-order chi connectivity index (χ0) is 30.0. The van der Waals surface area contributed by atoms with E-state index in [-0.39, 0.29) is 10.8 Å². The molecule has 232 valence electrons. The van der Waals surface area contributed by atoms with Crippen LogP contribution in [0.2, 0.25) is 0 Å². The molecule has 1 aromatic carbocycles. The SMILES string of the molecule is CCCCCNCC(CC)=NC(C)C(CC(C)CCCNCCC)C(C)(C)C(C)(C)Cc1cccc(CCC)c1. The lowest BCUT2D eigenvalue weighted by Gasteiger charge is -2.50. The Kier molecular flexibility index (Phi) is 18.3. The third-order valence-corrected chi connectivity index (χ3v) is 9.64. The van der Waals surface area contributed by atoms with Crippen LogP contribution in [0, 0.1) is 22.7 Å². The van der Waals surface area contributed by atoms with E-state index in [0.717, 1.165) is 39.0 Å². The molecule has 0 amide bonds. The van der Waals surface area contributed by atoms with Crippen LogP contribution in [0.3, 0.4) is 0 Å². The smallest absolute Gasteiger partial charge is 0.0504 e. The molecular formula is C37H69N3. The zero-order valence-corrected chi connectivity index (χ0v) is 28.6. The molecule has 2 N–H and O–H groups in total. The molecule has 0 radical (unpaired) electrons. The third-order valence-electron chi connectivity index (χ3n) is 9.64. The molecule has 0 aliphatic heterocycles. The second-order valence-corrected chi connectivity index (χ2v) is 13.9. The van der Waals surface area contributed by atoms with Crippen molar-refractivity contribution >= 4 is 5.71 Å². The van der Waals surface area contributed by atoms with Crippen molar-refractivity contribution in [3.05, 3.63) is 35.4 Å². The number of rotatable bonds is 23. The lowest BCUT2D eigenvalue weighted by Crippen LogP contribution is -2.45.